The summed E-state index contributed by atoms with van der Waals surface area (Å²) in [6, 6.07) is 0. The number of rotatable bonds is 18. The standard InChI is InChI=1S/C22H47N.ClH/c1-22(2)20-18-16-14-12-10-8-6-5-7-9-11-13-15-17-19-21-23(3)4;/h22H,5-21H2,1-4H3;1H. The van der Waals surface area contributed by atoms with Gasteiger partial charge < -0.3 is 4.90 Å². The van der Waals surface area contributed by atoms with Gasteiger partial charge in [0.05, 0.1) is 0 Å². The molecule has 0 spiro atoms. The third-order valence-electron chi connectivity index (χ3n) is 4.89. The molecule has 0 fully saturated rings. The molecule has 0 saturated carbocycles. The van der Waals surface area contributed by atoms with Gasteiger partial charge in [-0.3, -0.25) is 0 Å². The zero-order chi connectivity index (χ0) is 17.2. The van der Waals surface area contributed by atoms with Gasteiger partial charge in [-0.25, -0.2) is 0 Å². The van der Waals surface area contributed by atoms with Crippen LogP contribution in [0, 0.1) is 5.92 Å². The Morgan fingerprint density at radius 1 is 0.500 bits per heavy atom. The van der Waals surface area contributed by atoms with E-state index in [0.29, 0.717) is 0 Å². The molecule has 0 aliphatic heterocycles. The van der Waals surface area contributed by atoms with E-state index in [2.05, 4.69) is 32.8 Å². The maximum atomic E-state index is 2.34. The van der Waals surface area contributed by atoms with Crippen LogP contribution in [0.5, 0.6) is 0 Å². The molecular weight excluding hydrogens is 314 g/mol. The van der Waals surface area contributed by atoms with E-state index >= 15 is 0 Å². The van der Waals surface area contributed by atoms with Crippen LogP contribution in [0.4, 0.5) is 0 Å². The summed E-state index contributed by atoms with van der Waals surface area (Å²) in [5.74, 6) is 0.896. The van der Waals surface area contributed by atoms with Crippen molar-refractivity contribution < 1.29 is 0 Å². The SMILES string of the molecule is CC(C)CCCCCCCCCCCCCCCCCN(C)C.Cl. The highest BCUT2D eigenvalue weighted by atomic mass is 35.5. The maximum Gasteiger partial charge on any atom is -0.00248 e. The summed E-state index contributed by atoms with van der Waals surface area (Å²) in [5.41, 5.74) is 0. The minimum atomic E-state index is 0. The molecule has 148 valence electrons. The van der Waals surface area contributed by atoms with Gasteiger partial charge in [-0.15, -0.1) is 12.4 Å². The first-order chi connectivity index (χ1) is 11.1. The molecule has 2 heteroatoms. The van der Waals surface area contributed by atoms with Crippen molar-refractivity contribution in [3.8, 4) is 0 Å². The van der Waals surface area contributed by atoms with Gasteiger partial charge in [0.15, 0.2) is 0 Å². The molecule has 0 unspecified atom stereocenters. The zero-order valence-corrected chi connectivity index (χ0v) is 18.3. The van der Waals surface area contributed by atoms with Crippen LogP contribution >= 0.6 is 12.4 Å². The summed E-state index contributed by atoms with van der Waals surface area (Å²) in [6.07, 6.45) is 23.4. The second-order valence-electron chi connectivity index (χ2n) is 8.29. The molecule has 0 aliphatic carbocycles. The zero-order valence-electron chi connectivity index (χ0n) is 17.5. The molecule has 0 aromatic heterocycles. The monoisotopic (exact) mass is 361 g/mol. The summed E-state index contributed by atoms with van der Waals surface area (Å²) >= 11 is 0. The quantitative estimate of drug-likeness (QED) is 0.224. The molecule has 0 aromatic carbocycles. The highest BCUT2D eigenvalue weighted by Crippen LogP contribution is 2.14. The fraction of sp³-hybridized carbons (Fsp3) is 1.00. The highest BCUT2D eigenvalue weighted by Gasteiger charge is 1.96. The Morgan fingerprint density at radius 2 is 0.792 bits per heavy atom. The van der Waals surface area contributed by atoms with E-state index in [1.54, 1.807) is 0 Å². The van der Waals surface area contributed by atoms with Gasteiger partial charge in [0, 0.05) is 0 Å². The largest absolute Gasteiger partial charge is 0.309 e. The molecule has 0 N–H and O–H groups in total. The molecule has 0 aliphatic rings. The second kappa shape index (κ2) is 21.3. The van der Waals surface area contributed by atoms with Crippen LogP contribution in [0.3, 0.4) is 0 Å². The lowest BCUT2D eigenvalue weighted by Crippen LogP contribution is -2.12. The lowest BCUT2D eigenvalue weighted by atomic mass is 10.0. The van der Waals surface area contributed by atoms with Crippen LogP contribution < -0.4 is 0 Å². The lowest BCUT2D eigenvalue weighted by Gasteiger charge is -2.08. The average Bonchev–Trinajstić information content (AvgIpc) is 2.49. The Labute approximate surface area is 160 Å². The van der Waals surface area contributed by atoms with Crippen molar-refractivity contribution in [3.05, 3.63) is 0 Å². The Morgan fingerprint density at radius 3 is 1.08 bits per heavy atom. The van der Waals surface area contributed by atoms with E-state index in [-0.39, 0.29) is 12.4 Å². The van der Waals surface area contributed by atoms with Gasteiger partial charge >= 0.3 is 0 Å². The van der Waals surface area contributed by atoms with E-state index in [0.717, 1.165) is 5.92 Å². The van der Waals surface area contributed by atoms with Crippen molar-refractivity contribution in [3.63, 3.8) is 0 Å². The van der Waals surface area contributed by atoms with Gasteiger partial charge in [-0.2, -0.15) is 0 Å². The lowest BCUT2D eigenvalue weighted by molar-refractivity contribution is 0.389. The molecule has 0 saturated heterocycles. The number of hydrogen-bond donors (Lipinski definition) is 0. The van der Waals surface area contributed by atoms with E-state index < -0.39 is 0 Å². The summed E-state index contributed by atoms with van der Waals surface area (Å²) in [7, 11) is 4.35. The fourth-order valence-corrected chi connectivity index (χ4v) is 3.28. The second-order valence-corrected chi connectivity index (χ2v) is 8.29. The number of unbranched alkanes of at least 4 members (excludes halogenated alkanes) is 14. The van der Waals surface area contributed by atoms with Gasteiger partial charge in [-0.1, -0.05) is 110 Å². The normalized spacial score (nSPS) is 11.2. The first kappa shape index (κ1) is 26.5. The van der Waals surface area contributed by atoms with Crippen LogP contribution in [0.25, 0.3) is 0 Å². The summed E-state index contributed by atoms with van der Waals surface area (Å²) < 4.78 is 0. The van der Waals surface area contributed by atoms with Crippen LogP contribution in [-0.4, -0.2) is 25.5 Å². The van der Waals surface area contributed by atoms with Crippen molar-refractivity contribution in [2.75, 3.05) is 20.6 Å². The number of halogens is 1. The molecule has 0 heterocycles. The summed E-state index contributed by atoms with van der Waals surface area (Å²) in [5, 5.41) is 0. The molecule has 0 atom stereocenters. The summed E-state index contributed by atoms with van der Waals surface area (Å²) in [4.78, 5) is 2.30. The Balaban J connectivity index is 0. The molecule has 24 heavy (non-hydrogen) atoms. The predicted molar refractivity (Wildman–Crippen MR) is 115 cm³/mol. The smallest absolute Gasteiger partial charge is 0.00248 e. The van der Waals surface area contributed by atoms with Crippen LogP contribution in [-0.2, 0) is 0 Å². The summed E-state index contributed by atoms with van der Waals surface area (Å²) in [6.45, 7) is 5.94. The fourth-order valence-electron chi connectivity index (χ4n) is 3.28. The maximum absolute atomic E-state index is 2.34. The number of hydrogen-bond acceptors (Lipinski definition) is 1. The van der Waals surface area contributed by atoms with Gasteiger partial charge in [0.1, 0.15) is 0 Å². The predicted octanol–water partition coefficient (Wildman–Crippen LogP) is 7.87. The van der Waals surface area contributed by atoms with E-state index in [9.17, 15) is 0 Å². The third kappa shape index (κ3) is 24.5. The Kier molecular flexibility index (Phi) is 23.5. The average molecular weight is 362 g/mol. The molecule has 0 amide bonds. The highest BCUT2D eigenvalue weighted by molar-refractivity contribution is 5.85. The van der Waals surface area contributed by atoms with Crippen molar-refractivity contribution in [1.82, 2.24) is 4.90 Å². The van der Waals surface area contributed by atoms with Crippen LogP contribution in [0.2, 0.25) is 0 Å². The third-order valence-corrected chi connectivity index (χ3v) is 4.89. The van der Waals surface area contributed by atoms with Gasteiger partial charge in [-0.05, 0) is 33.0 Å². The molecule has 0 bridgehead atoms. The van der Waals surface area contributed by atoms with Crippen LogP contribution in [0.1, 0.15) is 117 Å². The van der Waals surface area contributed by atoms with Gasteiger partial charge in [0.25, 0.3) is 0 Å². The topological polar surface area (TPSA) is 3.24 Å². The Hall–Kier alpha value is 0.250. The first-order valence-corrected chi connectivity index (χ1v) is 10.8. The number of nitrogens with zero attached hydrogens (tertiary/aromatic N) is 1. The Bertz CT molecular complexity index is 194. The van der Waals surface area contributed by atoms with Crippen molar-refractivity contribution in [2.45, 2.75) is 117 Å². The van der Waals surface area contributed by atoms with E-state index in [1.165, 1.54) is 109 Å². The van der Waals surface area contributed by atoms with Crippen molar-refractivity contribution >= 4 is 12.4 Å². The van der Waals surface area contributed by atoms with Crippen LogP contribution in [0.15, 0.2) is 0 Å². The van der Waals surface area contributed by atoms with Gasteiger partial charge in [0.2, 0.25) is 0 Å². The molecular formula is C22H48ClN. The first-order valence-electron chi connectivity index (χ1n) is 10.8. The molecule has 0 rings (SSSR count). The molecule has 0 aromatic rings. The molecule has 0 radical (unpaired) electrons. The molecule has 1 nitrogen and oxygen atoms in total. The minimum absolute atomic E-state index is 0. The van der Waals surface area contributed by atoms with Crippen molar-refractivity contribution in [2.24, 2.45) is 5.92 Å². The van der Waals surface area contributed by atoms with E-state index in [1.807, 2.05) is 0 Å². The van der Waals surface area contributed by atoms with Crippen molar-refractivity contribution in [1.29, 1.82) is 0 Å². The minimum Gasteiger partial charge on any atom is -0.309 e. The van der Waals surface area contributed by atoms with E-state index in [4.69, 9.17) is 0 Å².